The van der Waals surface area contributed by atoms with Gasteiger partial charge in [-0.1, -0.05) is 23.7 Å². The second-order valence-corrected chi connectivity index (χ2v) is 10.6. The van der Waals surface area contributed by atoms with Gasteiger partial charge in [-0.2, -0.15) is 4.90 Å². The number of piperidine rings is 1. The van der Waals surface area contributed by atoms with Crippen molar-refractivity contribution >= 4 is 55.7 Å². The molecule has 4 unspecified atom stereocenters. The molecule has 1 saturated carbocycles. The molecule has 1 saturated heterocycles. The Hall–Kier alpha value is -2.87. The molecule has 4 aromatic rings. The summed E-state index contributed by atoms with van der Waals surface area (Å²) in [4.78, 5) is 40.0. The molecule has 0 radical (unpaired) electrons. The van der Waals surface area contributed by atoms with Crippen molar-refractivity contribution in [3.8, 4) is 0 Å². The summed E-state index contributed by atoms with van der Waals surface area (Å²) in [5.41, 5.74) is -0.231. The molecule has 6 rings (SSSR count). The van der Waals surface area contributed by atoms with E-state index in [2.05, 4.69) is 0 Å². The van der Waals surface area contributed by atoms with Gasteiger partial charge in [0.05, 0.1) is 22.8 Å². The largest absolute Gasteiger partial charge is 1.00 e. The van der Waals surface area contributed by atoms with Crippen LogP contribution in [0.3, 0.4) is 0 Å². The minimum absolute atomic E-state index is 0. The second kappa shape index (κ2) is 8.86. The van der Waals surface area contributed by atoms with E-state index < -0.39 is 40.1 Å². The van der Waals surface area contributed by atoms with Crippen LogP contribution in [-0.2, 0) is 11.8 Å². The number of non-ortho nitro benzene ring substituents is 1. The van der Waals surface area contributed by atoms with Gasteiger partial charge in [0.15, 0.2) is 5.76 Å². The summed E-state index contributed by atoms with van der Waals surface area (Å²) in [5.74, 6) is -1.19. The molecule has 190 valence electrons. The minimum Gasteiger partial charge on any atom is -1.00 e. The van der Waals surface area contributed by atoms with E-state index in [0.29, 0.717) is 31.7 Å². The molecule has 9 nitrogen and oxygen atoms in total. The molecule has 0 bridgehead atoms. The molecular weight excluding hydrogens is 633 g/mol. The molecular formula is C25H19ClIN3O6S. The van der Waals surface area contributed by atoms with Crippen LogP contribution in [0, 0.1) is 28.4 Å². The average molecular weight is 652 g/mol. The molecule has 2 aromatic heterocycles. The number of benzene rings is 2. The van der Waals surface area contributed by atoms with Crippen LogP contribution in [-0.4, -0.2) is 27.8 Å². The number of halogens is 2. The van der Waals surface area contributed by atoms with Gasteiger partial charge < -0.3 is 33.5 Å². The van der Waals surface area contributed by atoms with Crippen molar-refractivity contribution in [3.63, 3.8) is 0 Å². The first-order valence-corrected chi connectivity index (χ1v) is 12.3. The van der Waals surface area contributed by atoms with Gasteiger partial charge in [0.1, 0.15) is 28.7 Å². The lowest BCUT2D eigenvalue weighted by Crippen LogP contribution is -3.00. The van der Waals surface area contributed by atoms with Crippen molar-refractivity contribution in [1.29, 1.82) is 0 Å². The number of Topliss-reactive ketones (excluding diaryl/α,β-unsaturated/α-hetero) is 1. The second-order valence-electron chi connectivity index (χ2n) is 9.11. The number of furan rings is 1. The maximum absolute atomic E-state index is 13.9. The number of aromatic nitrogens is 1. The van der Waals surface area contributed by atoms with Gasteiger partial charge in [-0.05, 0) is 54.2 Å². The number of fused-ring (bicyclic) bond motifs is 2. The SMILES string of the molecule is Cc1ccc(C(=O)C23C(O)C2C(=O)N(c2sc4cc([N+](=O)[O-])ccc4[n+]2C)C3c2cccc(Cl)c2)o1.[I-]. The van der Waals surface area contributed by atoms with Gasteiger partial charge in [-0.25, -0.2) is 9.36 Å². The minimum atomic E-state index is -1.46. The van der Waals surface area contributed by atoms with Crippen LogP contribution in [0.4, 0.5) is 10.8 Å². The Balaban J connectivity index is 0.00000280. The van der Waals surface area contributed by atoms with Crippen LogP contribution >= 0.6 is 22.9 Å². The van der Waals surface area contributed by atoms with E-state index in [1.807, 2.05) is 0 Å². The van der Waals surface area contributed by atoms with Crippen LogP contribution < -0.4 is 33.4 Å². The van der Waals surface area contributed by atoms with E-state index in [0.717, 1.165) is 0 Å². The lowest BCUT2D eigenvalue weighted by Gasteiger charge is -2.26. The zero-order chi connectivity index (χ0) is 25.5. The maximum atomic E-state index is 13.9. The summed E-state index contributed by atoms with van der Waals surface area (Å²) in [5, 5.41) is 23.3. The van der Waals surface area contributed by atoms with Crippen LogP contribution in [0.2, 0.25) is 5.02 Å². The number of amides is 1. The predicted molar refractivity (Wildman–Crippen MR) is 131 cm³/mol. The summed E-state index contributed by atoms with van der Waals surface area (Å²) < 4.78 is 7.99. The van der Waals surface area contributed by atoms with E-state index in [9.17, 15) is 24.8 Å². The van der Waals surface area contributed by atoms with Gasteiger partial charge in [0.25, 0.3) is 5.69 Å². The van der Waals surface area contributed by atoms with E-state index >= 15 is 0 Å². The summed E-state index contributed by atoms with van der Waals surface area (Å²) in [6.07, 6.45) is -1.19. The van der Waals surface area contributed by atoms with Gasteiger partial charge in [0, 0.05) is 17.2 Å². The highest BCUT2D eigenvalue weighted by Gasteiger charge is 2.86. The van der Waals surface area contributed by atoms with Crippen molar-refractivity contribution in [1.82, 2.24) is 0 Å². The molecule has 2 fully saturated rings. The number of nitro groups is 1. The maximum Gasteiger partial charge on any atom is 0.344 e. The average Bonchev–Trinajstić information content (AvgIpc) is 3.14. The van der Waals surface area contributed by atoms with Gasteiger partial charge in [-0.15, -0.1) is 0 Å². The first-order chi connectivity index (χ1) is 17.2. The van der Waals surface area contributed by atoms with Crippen molar-refractivity contribution in [2.75, 3.05) is 4.90 Å². The van der Waals surface area contributed by atoms with Crippen molar-refractivity contribution in [2.45, 2.75) is 19.1 Å². The van der Waals surface area contributed by atoms with E-state index in [1.165, 1.54) is 28.4 Å². The molecule has 2 aromatic carbocycles. The summed E-state index contributed by atoms with van der Waals surface area (Å²) in [6.45, 7) is 1.71. The Labute approximate surface area is 236 Å². The fourth-order valence-corrected chi connectivity index (χ4v) is 6.90. The van der Waals surface area contributed by atoms with E-state index in [1.54, 1.807) is 61.0 Å². The van der Waals surface area contributed by atoms with E-state index in [-0.39, 0.29) is 35.4 Å². The van der Waals surface area contributed by atoms with Gasteiger partial charge in [0.2, 0.25) is 5.78 Å². The van der Waals surface area contributed by atoms with Crippen LogP contribution in [0.15, 0.2) is 59.0 Å². The highest BCUT2D eigenvalue weighted by molar-refractivity contribution is 7.21. The quantitative estimate of drug-likeness (QED) is 0.114. The summed E-state index contributed by atoms with van der Waals surface area (Å²) >= 11 is 7.51. The third kappa shape index (κ3) is 3.55. The Morgan fingerprint density at radius 1 is 1.24 bits per heavy atom. The predicted octanol–water partition coefficient (Wildman–Crippen LogP) is 1.14. The fraction of sp³-hybridized carbons (Fsp3) is 0.240. The third-order valence-electron chi connectivity index (χ3n) is 7.16. The van der Waals surface area contributed by atoms with Crippen LogP contribution in [0.1, 0.15) is 27.9 Å². The number of aliphatic hydroxyl groups excluding tert-OH is 1. The number of nitro benzene ring substituents is 1. The zero-order valence-electron chi connectivity index (χ0n) is 19.4. The summed E-state index contributed by atoms with van der Waals surface area (Å²) in [7, 11) is 1.76. The molecule has 1 aliphatic heterocycles. The number of aliphatic hydroxyl groups is 1. The first-order valence-electron chi connectivity index (χ1n) is 11.1. The molecule has 1 aliphatic carbocycles. The van der Waals surface area contributed by atoms with E-state index in [4.69, 9.17) is 16.0 Å². The Morgan fingerprint density at radius 2 is 2.00 bits per heavy atom. The van der Waals surface area contributed by atoms with Crippen molar-refractivity contribution in [2.24, 2.45) is 18.4 Å². The molecule has 4 atom stereocenters. The first kappa shape index (κ1) is 25.8. The highest BCUT2D eigenvalue weighted by atomic mass is 127. The molecule has 1 N–H and O–H groups in total. The molecule has 3 heterocycles. The Kier molecular flexibility index (Phi) is 6.17. The lowest BCUT2D eigenvalue weighted by atomic mass is 9.84. The number of hydrogen-bond donors (Lipinski definition) is 1. The van der Waals surface area contributed by atoms with Crippen molar-refractivity contribution < 1.29 is 52.6 Å². The van der Waals surface area contributed by atoms with Crippen molar-refractivity contribution in [3.05, 3.63) is 86.8 Å². The number of ketones is 1. The normalized spacial score (nSPS) is 24.2. The van der Waals surface area contributed by atoms with Gasteiger partial charge in [-0.3, -0.25) is 14.9 Å². The molecule has 37 heavy (non-hydrogen) atoms. The van der Waals surface area contributed by atoms with Crippen LogP contribution in [0.5, 0.6) is 0 Å². The Morgan fingerprint density at radius 3 is 2.65 bits per heavy atom. The number of rotatable bonds is 5. The zero-order valence-corrected chi connectivity index (χ0v) is 23.2. The molecule has 0 spiro atoms. The number of aryl methyl sites for hydroxylation is 2. The summed E-state index contributed by atoms with van der Waals surface area (Å²) in [6, 6.07) is 13.7. The fourth-order valence-electron chi connectivity index (χ4n) is 5.48. The number of carbonyl (C=O) groups is 2. The third-order valence-corrected chi connectivity index (χ3v) is 8.59. The lowest BCUT2D eigenvalue weighted by molar-refractivity contribution is -0.628. The molecule has 1 amide bonds. The molecule has 12 heteroatoms. The molecule has 2 aliphatic rings. The monoisotopic (exact) mass is 651 g/mol. The van der Waals surface area contributed by atoms with Gasteiger partial charge >= 0.3 is 11.0 Å². The number of carbonyl (C=O) groups excluding carboxylic acids is 2. The highest BCUT2D eigenvalue weighted by Crippen LogP contribution is 2.69. The number of thiazole rings is 1. The Bertz CT molecular complexity index is 1620. The standard InChI is InChI=1S/C25H19ClN3O6S.HI/c1-12-6-9-17(35-12)21(30)25-19(22(25)31)23(32)28(20(25)13-4-3-5-14(26)10-13)24-27(2)16-8-7-15(29(33)34)11-18(16)36-24;/h3-11,19-20,22,31H,1-2H3;1H/q+1;/p-1. The smallest absolute Gasteiger partial charge is 0.344 e. The number of hydrogen-bond acceptors (Lipinski definition) is 7. The number of nitrogens with zero attached hydrogens (tertiary/aromatic N) is 3. The number of anilines is 1. The van der Waals surface area contributed by atoms with Crippen LogP contribution in [0.25, 0.3) is 10.2 Å². The topological polar surface area (TPSA) is 118 Å².